The molecule has 0 bridgehead atoms. The van der Waals surface area contributed by atoms with E-state index in [0.29, 0.717) is 32.7 Å². The molecule has 2 aliphatic rings. The van der Waals surface area contributed by atoms with Crippen LogP contribution < -0.4 is 4.74 Å². The van der Waals surface area contributed by atoms with E-state index in [-0.39, 0.29) is 11.8 Å². The van der Waals surface area contributed by atoms with Gasteiger partial charge in [-0.3, -0.25) is 14.5 Å². The van der Waals surface area contributed by atoms with Crippen LogP contribution in [-0.2, 0) is 16.0 Å². The second kappa shape index (κ2) is 10.5. The molecule has 0 spiro atoms. The van der Waals surface area contributed by atoms with Gasteiger partial charge in [-0.05, 0) is 37.5 Å². The standard InChI is InChI=1S/C22H33N3O3/c1-2-28-20-9-7-19(8-10-20)17-21(26)25-15-13-23(14-16-25)18-22(27)24-11-5-3-4-6-12-24/h7-10H,2-6,11-18H2,1H3. The van der Waals surface area contributed by atoms with Crippen molar-refractivity contribution in [1.82, 2.24) is 14.7 Å². The minimum atomic E-state index is 0.155. The third-order valence-electron chi connectivity index (χ3n) is 5.63. The number of carbonyl (C=O) groups excluding carboxylic acids is 2. The van der Waals surface area contributed by atoms with E-state index in [1.165, 1.54) is 12.8 Å². The van der Waals surface area contributed by atoms with Crippen molar-refractivity contribution in [2.75, 3.05) is 52.4 Å². The molecule has 0 N–H and O–H groups in total. The minimum Gasteiger partial charge on any atom is -0.494 e. The lowest BCUT2D eigenvalue weighted by Crippen LogP contribution is -2.52. The Kier molecular flexibility index (Phi) is 7.71. The maximum absolute atomic E-state index is 12.6. The molecule has 3 rings (SSSR count). The van der Waals surface area contributed by atoms with Gasteiger partial charge in [0.15, 0.2) is 0 Å². The van der Waals surface area contributed by atoms with Crippen LogP contribution in [0.4, 0.5) is 0 Å². The molecular weight excluding hydrogens is 354 g/mol. The number of piperazine rings is 1. The van der Waals surface area contributed by atoms with E-state index in [2.05, 4.69) is 4.90 Å². The highest BCUT2D eigenvalue weighted by Gasteiger charge is 2.24. The molecule has 1 aromatic carbocycles. The number of ether oxygens (including phenoxy) is 1. The first-order chi connectivity index (χ1) is 13.7. The van der Waals surface area contributed by atoms with Crippen molar-refractivity contribution in [3.8, 4) is 5.75 Å². The summed E-state index contributed by atoms with van der Waals surface area (Å²) in [6.07, 6.45) is 5.14. The maximum atomic E-state index is 12.6. The molecule has 0 unspecified atom stereocenters. The smallest absolute Gasteiger partial charge is 0.236 e. The van der Waals surface area contributed by atoms with E-state index in [1.54, 1.807) is 0 Å². The van der Waals surface area contributed by atoms with Crippen molar-refractivity contribution in [1.29, 1.82) is 0 Å². The normalized spacial score (nSPS) is 18.6. The summed E-state index contributed by atoms with van der Waals surface area (Å²) in [6, 6.07) is 7.75. The third kappa shape index (κ3) is 5.96. The van der Waals surface area contributed by atoms with Gasteiger partial charge in [0.05, 0.1) is 19.6 Å². The van der Waals surface area contributed by atoms with Crippen LogP contribution in [0.15, 0.2) is 24.3 Å². The molecule has 0 aromatic heterocycles. The summed E-state index contributed by atoms with van der Waals surface area (Å²) < 4.78 is 5.44. The number of likely N-dealkylation sites (tertiary alicyclic amines) is 1. The number of carbonyl (C=O) groups is 2. The molecule has 0 saturated carbocycles. The minimum absolute atomic E-state index is 0.155. The molecular formula is C22H33N3O3. The molecule has 0 aliphatic carbocycles. The Bertz CT molecular complexity index is 631. The summed E-state index contributed by atoms with van der Waals surface area (Å²) in [5.41, 5.74) is 1.01. The first kappa shape index (κ1) is 20.6. The van der Waals surface area contributed by atoms with Crippen LogP contribution in [0, 0.1) is 0 Å². The van der Waals surface area contributed by atoms with E-state index < -0.39 is 0 Å². The lowest BCUT2D eigenvalue weighted by Gasteiger charge is -2.35. The van der Waals surface area contributed by atoms with Crippen molar-refractivity contribution in [3.63, 3.8) is 0 Å². The van der Waals surface area contributed by atoms with Crippen LogP contribution in [0.3, 0.4) is 0 Å². The molecule has 1 aromatic rings. The topological polar surface area (TPSA) is 53.1 Å². The number of rotatable bonds is 6. The first-order valence-electron chi connectivity index (χ1n) is 10.7. The highest BCUT2D eigenvalue weighted by atomic mass is 16.5. The number of amides is 2. The van der Waals surface area contributed by atoms with Crippen molar-refractivity contribution >= 4 is 11.8 Å². The van der Waals surface area contributed by atoms with Crippen LogP contribution in [0.25, 0.3) is 0 Å². The zero-order chi connectivity index (χ0) is 19.8. The molecule has 2 amide bonds. The summed E-state index contributed by atoms with van der Waals surface area (Å²) in [7, 11) is 0. The van der Waals surface area contributed by atoms with Gasteiger partial charge in [0.2, 0.25) is 11.8 Å². The number of hydrogen-bond donors (Lipinski definition) is 0. The zero-order valence-corrected chi connectivity index (χ0v) is 17.1. The van der Waals surface area contributed by atoms with Gasteiger partial charge in [-0.2, -0.15) is 0 Å². The molecule has 6 nitrogen and oxygen atoms in total. The van der Waals surface area contributed by atoms with Crippen LogP contribution in [0.5, 0.6) is 5.75 Å². The molecule has 0 radical (unpaired) electrons. The number of nitrogens with zero attached hydrogens (tertiary/aromatic N) is 3. The van der Waals surface area contributed by atoms with Gasteiger partial charge in [0.1, 0.15) is 5.75 Å². The van der Waals surface area contributed by atoms with Crippen LogP contribution in [-0.4, -0.2) is 78.9 Å². The second-order valence-electron chi connectivity index (χ2n) is 7.71. The first-order valence-corrected chi connectivity index (χ1v) is 10.7. The molecule has 0 atom stereocenters. The summed E-state index contributed by atoms with van der Waals surface area (Å²) >= 11 is 0. The van der Waals surface area contributed by atoms with Crippen LogP contribution in [0.1, 0.15) is 38.2 Å². The molecule has 2 saturated heterocycles. The predicted octanol–water partition coefficient (Wildman–Crippen LogP) is 2.17. The van der Waals surface area contributed by atoms with E-state index in [4.69, 9.17) is 4.74 Å². The Balaban J connectivity index is 1.41. The summed E-state index contributed by atoms with van der Waals surface area (Å²) in [4.78, 5) is 31.3. The third-order valence-corrected chi connectivity index (χ3v) is 5.63. The van der Waals surface area contributed by atoms with Crippen LogP contribution in [0.2, 0.25) is 0 Å². The molecule has 28 heavy (non-hydrogen) atoms. The van der Waals surface area contributed by atoms with Crippen molar-refractivity contribution < 1.29 is 14.3 Å². The average molecular weight is 388 g/mol. The molecule has 154 valence electrons. The summed E-state index contributed by atoms with van der Waals surface area (Å²) in [5.74, 6) is 1.24. The average Bonchev–Trinajstić information content (AvgIpc) is 3.00. The quantitative estimate of drug-likeness (QED) is 0.751. The fourth-order valence-corrected chi connectivity index (χ4v) is 3.92. The molecule has 2 heterocycles. The molecule has 6 heteroatoms. The van der Waals surface area contributed by atoms with Gasteiger partial charge in [-0.25, -0.2) is 0 Å². The Morgan fingerprint density at radius 3 is 2.04 bits per heavy atom. The van der Waals surface area contributed by atoms with E-state index >= 15 is 0 Å². The van der Waals surface area contributed by atoms with E-state index in [9.17, 15) is 9.59 Å². The van der Waals surface area contributed by atoms with Crippen molar-refractivity contribution in [3.05, 3.63) is 29.8 Å². The Morgan fingerprint density at radius 2 is 1.43 bits per heavy atom. The van der Waals surface area contributed by atoms with Gasteiger partial charge >= 0.3 is 0 Å². The summed E-state index contributed by atoms with van der Waals surface area (Å²) in [6.45, 7) is 7.83. The largest absolute Gasteiger partial charge is 0.494 e. The van der Waals surface area contributed by atoms with Gasteiger partial charge in [-0.15, -0.1) is 0 Å². The number of benzene rings is 1. The van der Waals surface area contributed by atoms with Crippen molar-refractivity contribution in [2.45, 2.75) is 39.0 Å². The molecule has 2 fully saturated rings. The van der Waals surface area contributed by atoms with Gasteiger partial charge < -0.3 is 14.5 Å². The summed E-state index contributed by atoms with van der Waals surface area (Å²) in [5, 5.41) is 0. The van der Waals surface area contributed by atoms with E-state index in [0.717, 1.165) is 50.3 Å². The van der Waals surface area contributed by atoms with Gasteiger partial charge in [0.25, 0.3) is 0 Å². The van der Waals surface area contributed by atoms with Gasteiger partial charge in [-0.1, -0.05) is 25.0 Å². The Morgan fingerprint density at radius 1 is 0.821 bits per heavy atom. The van der Waals surface area contributed by atoms with Gasteiger partial charge in [0, 0.05) is 39.3 Å². The Labute approximate surface area is 168 Å². The van der Waals surface area contributed by atoms with Crippen molar-refractivity contribution in [2.24, 2.45) is 0 Å². The zero-order valence-electron chi connectivity index (χ0n) is 17.1. The molecule has 2 aliphatic heterocycles. The lowest BCUT2D eigenvalue weighted by molar-refractivity contribution is -0.134. The fourth-order valence-electron chi connectivity index (χ4n) is 3.92. The highest BCUT2D eigenvalue weighted by Crippen LogP contribution is 2.14. The Hall–Kier alpha value is -2.08. The van der Waals surface area contributed by atoms with E-state index in [1.807, 2.05) is 41.0 Å². The second-order valence-corrected chi connectivity index (χ2v) is 7.71. The van der Waals surface area contributed by atoms with Crippen LogP contribution >= 0.6 is 0 Å². The maximum Gasteiger partial charge on any atom is 0.236 e. The predicted molar refractivity (Wildman–Crippen MR) is 109 cm³/mol. The SMILES string of the molecule is CCOc1ccc(CC(=O)N2CCN(CC(=O)N3CCCCCC3)CC2)cc1. The highest BCUT2D eigenvalue weighted by molar-refractivity contribution is 5.79. The monoisotopic (exact) mass is 387 g/mol. The lowest BCUT2D eigenvalue weighted by atomic mass is 10.1. The fraction of sp³-hybridized carbons (Fsp3) is 0.636. The number of hydrogen-bond acceptors (Lipinski definition) is 4.